The zero-order chi connectivity index (χ0) is 62.8. The quantitative estimate of drug-likeness (QED) is 0.0218. The number of esters is 3. The van der Waals surface area contributed by atoms with E-state index in [0.717, 1.165) is 55.8 Å². The summed E-state index contributed by atoms with van der Waals surface area (Å²) in [6, 6.07) is 0. The monoisotopic (exact) mass is 1170 g/mol. The minimum absolute atomic E-state index is 0.0534. The normalized spacial score (nSPS) is 26.1. The van der Waals surface area contributed by atoms with E-state index in [1.807, 2.05) is 27.7 Å². The molecule has 2 saturated carbocycles. The fraction of sp³-hybridized carbons (Fsp3) is 0.931. The van der Waals surface area contributed by atoms with Crippen LogP contribution in [0.5, 0.6) is 0 Å². The SMILES string of the molecule is CCC(C)(C)CC(C(=O)OCCOC(C)(C)CCOC(C)(C)CCOC(=O)CS)C(C)(C)C(C)(C)CC(C(=O)OC(C)(CC)CC(C)(C)OC1CCC2(C)C(=CCCC2(C)CCC2C(C)CCC2(C)C(C)CCCC(C)C)C1)C(C)(C)C. The Morgan fingerprint density at radius 3 is 1.88 bits per heavy atom. The lowest BCUT2D eigenvalue weighted by atomic mass is 9.50. The molecule has 0 saturated heterocycles. The molecule has 10 heteroatoms. The van der Waals surface area contributed by atoms with Gasteiger partial charge in [-0.05, 0) is 194 Å². The van der Waals surface area contributed by atoms with E-state index in [4.69, 9.17) is 28.4 Å². The summed E-state index contributed by atoms with van der Waals surface area (Å²) in [5, 5.41) is 0. The molecule has 0 radical (unpaired) electrons. The molecular weight excluding hydrogens is 1040 g/mol. The maximum Gasteiger partial charge on any atom is 0.315 e. The summed E-state index contributed by atoms with van der Waals surface area (Å²) >= 11 is 3.97. The van der Waals surface area contributed by atoms with Crippen LogP contribution in [0.3, 0.4) is 0 Å². The number of fused-ring (bicyclic) bond motifs is 1. The Kier molecular flexibility index (Phi) is 26.9. The van der Waals surface area contributed by atoms with Gasteiger partial charge in [-0.3, -0.25) is 14.4 Å². The number of allylic oxidation sites excluding steroid dienone is 1. The predicted molar refractivity (Wildman–Crippen MR) is 345 cm³/mol. The second kappa shape index (κ2) is 29.6. The van der Waals surface area contributed by atoms with Crippen LogP contribution in [0.4, 0.5) is 0 Å². The van der Waals surface area contributed by atoms with Crippen LogP contribution in [-0.4, -0.2) is 78.6 Å². The molecule has 0 amide bonds. The van der Waals surface area contributed by atoms with Crippen LogP contribution < -0.4 is 0 Å². The standard InChI is InChI=1S/C72H132O9S/c1-26-63(10,11)47-58(60(74)77-44-45-79-66(16,17)41-43-78-65(14,15)40-42-76-59(73)49-82)68(20,21)64(12,13)48-57(62(7,8)9)61(75)81-70(23,27-2)50-67(18,19)80-55-34-39-72(25)54(46-55)32-29-36-69(72,22)37-35-56-52(5)33-38-71(56,24)53(6)31-28-30-51(3)4/h32,51-53,55-58,82H,26-31,33-50H2,1-25H3. The van der Waals surface area contributed by atoms with E-state index in [2.05, 4.69) is 164 Å². The summed E-state index contributed by atoms with van der Waals surface area (Å²) in [6.45, 7) is 57.4. The lowest BCUT2D eigenvalue weighted by Gasteiger charge is -2.56. The third-order valence-electron chi connectivity index (χ3n) is 22.9. The van der Waals surface area contributed by atoms with Gasteiger partial charge in [-0.25, -0.2) is 0 Å². The Bertz CT molecular complexity index is 2040. The highest BCUT2D eigenvalue weighted by Gasteiger charge is 2.55. The average Bonchev–Trinajstić information content (AvgIpc) is 3.51. The van der Waals surface area contributed by atoms with Crippen molar-refractivity contribution in [3.63, 3.8) is 0 Å². The molecule has 3 rings (SSSR count). The van der Waals surface area contributed by atoms with E-state index in [1.165, 1.54) is 51.4 Å². The first-order valence-electron chi connectivity index (χ1n) is 33.2. The zero-order valence-electron chi connectivity index (χ0n) is 58.2. The van der Waals surface area contributed by atoms with Gasteiger partial charge in [0.15, 0.2) is 0 Å². The van der Waals surface area contributed by atoms with Crippen LogP contribution in [0.2, 0.25) is 0 Å². The molecule has 2 fully saturated rings. The molecular formula is C72H132O9S. The summed E-state index contributed by atoms with van der Waals surface area (Å²) in [6.07, 6.45) is 22.4. The molecule has 480 valence electrons. The summed E-state index contributed by atoms with van der Waals surface area (Å²) < 4.78 is 37.8. The van der Waals surface area contributed by atoms with Gasteiger partial charge in [0.25, 0.3) is 0 Å². The van der Waals surface area contributed by atoms with Gasteiger partial charge in [0.2, 0.25) is 0 Å². The number of ether oxygens (including phenoxy) is 6. The van der Waals surface area contributed by atoms with Crippen LogP contribution in [0.25, 0.3) is 0 Å². The first kappa shape index (κ1) is 74.6. The van der Waals surface area contributed by atoms with Crippen molar-refractivity contribution < 1.29 is 42.8 Å². The van der Waals surface area contributed by atoms with Gasteiger partial charge < -0.3 is 28.4 Å². The minimum atomic E-state index is -0.741. The van der Waals surface area contributed by atoms with E-state index in [0.29, 0.717) is 50.5 Å². The van der Waals surface area contributed by atoms with Gasteiger partial charge in [-0.2, -0.15) is 12.6 Å². The van der Waals surface area contributed by atoms with Crippen LogP contribution in [0, 0.1) is 73.4 Å². The Morgan fingerprint density at radius 1 is 0.695 bits per heavy atom. The van der Waals surface area contributed by atoms with Gasteiger partial charge >= 0.3 is 17.9 Å². The van der Waals surface area contributed by atoms with Gasteiger partial charge in [-0.15, -0.1) is 0 Å². The number of carbonyl (C=O) groups is 3. The number of hydrogen-bond donors (Lipinski definition) is 1. The smallest absolute Gasteiger partial charge is 0.315 e. The van der Waals surface area contributed by atoms with Crippen molar-refractivity contribution in [1.29, 1.82) is 0 Å². The van der Waals surface area contributed by atoms with Crippen LogP contribution in [0.15, 0.2) is 11.6 Å². The highest BCUT2D eigenvalue weighted by molar-refractivity contribution is 7.81. The highest BCUT2D eigenvalue weighted by Crippen LogP contribution is 2.63. The summed E-state index contributed by atoms with van der Waals surface area (Å²) in [7, 11) is 0. The molecule has 0 bridgehead atoms. The maximum absolute atomic E-state index is 15.0. The number of rotatable bonds is 35. The molecule has 9 nitrogen and oxygen atoms in total. The van der Waals surface area contributed by atoms with Crippen molar-refractivity contribution in [3.8, 4) is 0 Å². The lowest BCUT2D eigenvalue weighted by molar-refractivity contribution is -0.182. The molecule has 0 aromatic heterocycles. The van der Waals surface area contributed by atoms with E-state index in [1.54, 1.807) is 5.57 Å². The topological polar surface area (TPSA) is 107 Å². The number of carbonyl (C=O) groups excluding carboxylic acids is 3. The minimum Gasteiger partial charge on any atom is -0.465 e. The van der Waals surface area contributed by atoms with Gasteiger partial charge in [0.1, 0.15) is 12.2 Å². The van der Waals surface area contributed by atoms with Crippen molar-refractivity contribution in [2.24, 2.45) is 73.4 Å². The third-order valence-corrected chi connectivity index (χ3v) is 23.2. The van der Waals surface area contributed by atoms with E-state index >= 15 is 4.79 Å². The van der Waals surface area contributed by atoms with E-state index in [9.17, 15) is 9.59 Å². The molecule has 0 aromatic rings. The molecule has 10 unspecified atom stereocenters. The Morgan fingerprint density at radius 2 is 1.30 bits per heavy atom. The molecule has 3 aliphatic carbocycles. The molecule has 0 heterocycles. The summed E-state index contributed by atoms with van der Waals surface area (Å²) in [4.78, 5) is 41.1. The molecule has 0 N–H and O–H groups in total. The van der Waals surface area contributed by atoms with Crippen molar-refractivity contribution in [1.82, 2.24) is 0 Å². The Balaban J connectivity index is 1.70. The number of thiol groups is 1. The van der Waals surface area contributed by atoms with E-state index < -0.39 is 50.5 Å². The second-order valence-electron chi connectivity index (χ2n) is 33.5. The van der Waals surface area contributed by atoms with Gasteiger partial charge in [-0.1, -0.05) is 162 Å². The Hall–Kier alpha value is -1.62. The number of hydrogen-bond acceptors (Lipinski definition) is 10. The fourth-order valence-electron chi connectivity index (χ4n) is 15.0. The molecule has 82 heavy (non-hydrogen) atoms. The molecule has 10 atom stereocenters. The van der Waals surface area contributed by atoms with Gasteiger partial charge in [0, 0.05) is 12.8 Å². The van der Waals surface area contributed by atoms with Crippen molar-refractivity contribution in [2.45, 2.75) is 324 Å². The largest absolute Gasteiger partial charge is 0.465 e. The first-order valence-corrected chi connectivity index (χ1v) is 33.8. The highest BCUT2D eigenvalue weighted by atomic mass is 32.1. The summed E-state index contributed by atoms with van der Waals surface area (Å²) in [5.41, 5.74) is -1.32. The van der Waals surface area contributed by atoms with Gasteiger partial charge in [0.05, 0.1) is 60.3 Å². The predicted octanol–water partition coefficient (Wildman–Crippen LogP) is 19.4. The van der Waals surface area contributed by atoms with Crippen LogP contribution in [-0.2, 0) is 42.8 Å². The lowest BCUT2D eigenvalue weighted by Crippen LogP contribution is -2.49. The molecule has 0 spiro atoms. The van der Waals surface area contributed by atoms with Crippen molar-refractivity contribution in [3.05, 3.63) is 11.6 Å². The van der Waals surface area contributed by atoms with E-state index in [-0.39, 0.29) is 65.8 Å². The Labute approximate surface area is 511 Å². The third kappa shape index (κ3) is 20.8. The van der Waals surface area contributed by atoms with Crippen LogP contribution in [0.1, 0.15) is 295 Å². The first-order chi connectivity index (χ1) is 37.4. The maximum atomic E-state index is 15.0. The molecule has 0 aliphatic heterocycles. The fourth-order valence-corrected chi connectivity index (χ4v) is 15.0. The average molecular weight is 1170 g/mol. The molecule has 3 aliphatic rings. The zero-order valence-corrected chi connectivity index (χ0v) is 59.1. The van der Waals surface area contributed by atoms with Crippen LogP contribution >= 0.6 is 12.6 Å². The van der Waals surface area contributed by atoms with Crippen molar-refractivity contribution in [2.75, 3.05) is 32.2 Å². The van der Waals surface area contributed by atoms with Crippen molar-refractivity contribution >= 4 is 30.5 Å². The second-order valence-corrected chi connectivity index (χ2v) is 33.8. The molecule has 0 aromatic carbocycles. The summed E-state index contributed by atoms with van der Waals surface area (Å²) in [5.74, 6) is 1.60.